The van der Waals surface area contributed by atoms with Crippen LogP contribution in [-0.2, 0) is 12.8 Å². The summed E-state index contributed by atoms with van der Waals surface area (Å²) in [4.78, 5) is 15.5. The maximum absolute atomic E-state index is 12.9. The van der Waals surface area contributed by atoms with Gasteiger partial charge in [-0.15, -0.1) is 10.2 Å². The molecule has 1 saturated carbocycles. The number of rotatable bonds is 6. The van der Waals surface area contributed by atoms with Crippen molar-refractivity contribution in [2.75, 3.05) is 19.6 Å². The van der Waals surface area contributed by atoms with Gasteiger partial charge in [-0.25, -0.2) is 0 Å². The molecule has 2 heterocycles. The smallest absolute Gasteiger partial charge is 0.251 e. The molecule has 1 fully saturated rings. The minimum Gasteiger partial charge on any atom is -0.421 e. The Bertz CT molecular complexity index is 1250. The van der Waals surface area contributed by atoms with Crippen LogP contribution in [0, 0.1) is 24.2 Å². The number of nitrogens with one attached hydrogen (secondary N) is 1. The highest BCUT2D eigenvalue weighted by molar-refractivity contribution is 5.95. The lowest BCUT2D eigenvalue weighted by atomic mass is 9.84. The van der Waals surface area contributed by atoms with Crippen molar-refractivity contribution in [3.8, 4) is 17.5 Å². The number of carbonyl (C=O) groups excluding carboxylic acids is 1. The van der Waals surface area contributed by atoms with Gasteiger partial charge in [0.15, 0.2) is 0 Å². The molecular formula is C29H33N5O2. The van der Waals surface area contributed by atoms with Gasteiger partial charge in [0, 0.05) is 37.2 Å². The van der Waals surface area contributed by atoms with Crippen LogP contribution in [0.1, 0.15) is 65.0 Å². The van der Waals surface area contributed by atoms with Crippen molar-refractivity contribution in [2.24, 2.45) is 5.92 Å². The number of nitriles is 1. The zero-order valence-electron chi connectivity index (χ0n) is 20.9. The first-order valence-electron chi connectivity index (χ1n) is 13.0. The molecule has 2 aliphatic rings. The van der Waals surface area contributed by atoms with Crippen LogP contribution in [0.25, 0.3) is 11.5 Å². The first-order valence-corrected chi connectivity index (χ1v) is 13.0. The number of hydrogen-bond donors (Lipinski definition) is 1. The summed E-state index contributed by atoms with van der Waals surface area (Å²) in [6, 6.07) is 16.0. The van der Waals surface area contributed by atoms with Crippen LogP contribution in [0.3, 0.4) is 0 Å². The van der Waals surface area contributed by atoms with E-state index in [0.29, 0.717) is 17.3 Å². The molecule has 0 radical (unpaired) electrons. The van der Waals surface area contributed by atoms with E-state index in [0.717, 1.165) is 75.2 Å². The molecule has 0 saturated heterocycles. The summed E-state index contributed by atoms with van der Waals surface area (Å²) in [5.74, 6) is 1.62. The van der Waals surface area contributed by atoms with E-state index in [2.05, 4.69) is 38.6 Å². The maximum Gasteiger partial charge on any atom is 0.251 e. The Morgan fingerprint density at radius 2 is 1.89 bits per heavy atom. The molecule has 2 aromatic carbocycles. The van der Waals surface area contributed by atoms with E-state index in [1.807, 2.05) is 30.3 Å². The summed E-state index contributed by atoms with van der Waals surface area (Å²) in [5.41, 5.74) is 4.88. The lowest BCUT2D eigenvalue weighted by molar-refractivity contribution is 0.0920. The average Bonchev–Trinajstić information content (AvgIpc) is 3.25. The second-order valence-electron chi connectivity index (χ2n) is 10.1. The number of carbonyl (C=O) groups is 1. The van der Waals surface area contributed by atoms with E-state index in [9.17, 15) is 10.1 Å². The van der Waals surface area contributed by atoms with E-state index in [1.54, 1.807) is 6.92 Å². The molecule has 7 nitrogen and oxygen atoms in total. The normalized spacial score (nSPS) is 20.2. The number of benzene rings is 2. The maximum atomic E-state index is 12.9. The Morgan fingerprint density at radius 1 is 1.08 bits per heavy atom. The lowest BCUT2D eigenvalue weighted by Crippen LogP contribution is -2.38. The largest absolute Gasteiger partial charge is 0.421 e. The summed E-state index contributed by atoms with van der Waals surface area (Å²) in [6.07, 6.45) is 7.68. The molecule has 36 heavy (non-hydrogen) atoms. The van der Waals surface area contributed by atoms with Crippen LogP contribution in [-0.4, -0.2) is 46.7 Å². The van der Waals surface area contributed by atoms with Gasteiger partial charge in [-0.3, -0.25) is 4.79 Å². The summed E-state index contributed by atoms with van der Waals surface area (Å²) in [6.45, 7) is 5.03. The highest BCUT2D eigenvalue weighted by Gasteiger charge is 2.24. The number of nitrogens with zero attached hydrogens (tertiary/aromatic N) is 4. The third kappa shape index (κ3) is 5.83. The summed E-state index contributed by atoms with van der Waals surface area (Å²) in [7, 11) is 0. The Morgan fingerprint density at radius 3 is 2.64 bits per heavy atom. The number of aryl methyl sites for hydroxylation is 1. The summed E-state index contributed by atoms with van der Waals surface area (Å²) >= 11 is 0. The fourth-order valence-corrected chi connectivity index (χ4v) is 5.50. The molecule has 1 N–H and O–H groups in total. The molecule has 0 spiro atoms. The van der Waals surface area contributed by atoms with Gasteiger partial charge in [0.05, 0.1) is 11.6 Å². The zero-order chi connectivity index (χ0) is 24.9. The monoisotopic (exact) mass is 483 g/mol. The van der Waals surface area contributed by atoms with Gasteiger partial charge in [0.2, 0.25) is 11.8 Å². The number of amides is 1. The molecule has 0 unspecified atom stereocenters. The molecule has 1 aromatic heterocycles. The molecule has 0 bridgehead atoms. The highest BCUT2D eigenvalue weighted by atomic mass is 16.4. The van der Waals surface area contributed by atoms with Gasteiger partial charge in [-0.1, -0.05) is 12.1 Å². The molecule has 7 heteroatoms. The zero-order valence-corrected chi connectivity index (χ0v) is 20.9. The van der Waals surface area contributed by atoms with Crippen molar-refractivity contribution in [1.82, 2.24) is 20.4 Å². The predicted molar refractivity (Wildman–Crippen MR) is 137 cm³/mol. The second kappa shape index (κ2) is 11.0. The van der Waals surface area contributed by atoms with Gasteiger partial charge in [-0.05, 0) is 98.9 Å². The van der Waals surface area contributed by atoms with Gasteiger partial charge in [0.1, 0.15) is 0 Å². The number of aromatic nitrogens is 2. The van der Waals surface area contributed by atoms with E-state index in [1.165, 1.54) is 17.5 Å². The van der Waals surface area contributed by atoms with Crippen molar-refractivity contribution < 1.29 is 9.21 Å². The topological polar surface area (TPSA) is 95.0 Å². The Labute approximate surface area is 212 Å². The first-order chi connectivity index (χ1) is 17.6. The minimum absolute atomic E-state index is 0.0415. The van der Waals surface area contributed by atoms with Crippen molar-refractivity contribution in [3.05, 3.63) is 70.6 Å². The van der Waals surface area contributed by atoms with Crippen LogP contribution in [0.15, 0.2) is 46.9 Å². The van der Waals surface area contributed by atoms with Gasteiger partial charge in [0.25, 0.3) is 5.91 Å². The fraction of sp³-hybridized carbons (Fsp3) is 0.448. The van der Waals surface area contributed by atoms with Crippen molar-refractivity contribution >= 4 is 5.91 Å². The Hall–Kier alpha value is -3.50. The number of hydrogen-bond acceptors (Lipinski definition) is 6. The Balaban J connectivity index is 1.06. The van der Waals surface area contributed by atoms with E-state index in [-0.39, 0.29) is 11.9 Å². The molecule has 1 aliphatic heterocycles. The molecule has 0 atom stereocenters. The SMILES string of the molecule is Cc1nnc(-c2cccc(C(=O)NC3CCC(CCN4CCc5ccc(C#N)cc5CC4)CC3)c2)o1. The van der Waals surface area contributed by atoms with E-state index in [4.69, 9.17) is 4.42 Å². The third-order valence-electron chi connectivity index (χ3n) is 7.66. The molecule has 3 aromatic rings. The fourth-order valence-electron chi connectivity index (χ4n) is 5.50. The summed E-state index contributed by atoms with van der Waals surface area (Å²) < 4.78 is 5.50. The van der Waals surface area contributed by atoms with Gasteiger partial charge in [-0.2, -0.15) is 5.26 Å². The molecule has 5 rings (SSSR count). The predicted octanol–water partition coefficient (Wildman–Crippen LogP) is 4.70. The standard InChI is InChI=1S/C29H33N5O2/c1-20-32-33-29(36-20)26-4-2-3-25(18-26)28(35)31-27-9-6-21(7-10-27)11-14-34-15-12-23-8-5-22(19-30)17-24(23)13-16-34/h2-5,8,17-18,21,27H,6-7,9-16H2,1H3,(H,31,35). The quantitative estimate of drug-likeness (QED) is 0.546. The molecule has 1 amide bonds. The average molecular weight is 484 g/mol. The Kier molecular flexibility index (Phi) is 7.43. The number of fused-ring (bicyclic) bond motifs is 1. The van der Waals surface area contributed by atoms with E-state index < -0.39 is 0 Å². The van der Waals surface area contributed by atoms with Gasteiger partial charge >= 0.3 is 0 Å². The van der Waals surface area contributed by atoms with Gasteiger partial charge < -0.3 is 14.6 Å². The van der Waals surface area contributed by atoms with Crippen LogP contribution >= 0.6 is 0 Å². The lowest BCUT2D eigenvalue weighted by Gasteiger charge is -2.30. The summed E-state index contributed by atoms with van der Waals surface area (Å²) in [5, 5.41) is 20.3. The van der Waals surface area contributed by atoms with Crippen molar-refractivity contribution in [3.63, 3.8) is 0 Å². The molecule has 1 aliphatic carbocycles. The van der Waals surface area contributed by atoms with Crippen LogP contribution in [0.2, 0.25) is 0 Å². The van der Waals surface area contributed by atoms with Crippen LogP contribution in [0.4, 0.5) is 0 Å². The van der Waals surface area contributed by atoms with Crippen LogP contribution < -0.4 is 5.32 Å². The highest BCUT2D eigenvalue weighted by Crippen LogP contribution is 2.28. The second-order valence-corrected chi connectivity index (χ2v) is 10.1. The molecular weight excluding hydrogens is 450 g/mol. The third-order valence-corrected chi connectivity index (χ3v) is 7.66. The van der Waals surface area contributed by atoms with Crippen molar-refractivity contribution in [1.29, 1.82) is 5.26 Å². The van der Waals surface area contributed by atoms with Crippen LogP contribution in [0.5, 0.6) is 0 Å². The van der Waals surface area contributed by atoms with Crippen molar-refractivity contribution in [2.45, 2.75) is 57.9 Å². The molecule has 186 valence electrons. The van der Waals surface area contributed by atoms with E-state index >= 15 is 0 Å². The minimum atomic E-state index is -0.0415. The first kappa shape index (κ1) is 24.2.